The van der Waals surface area contributed by atoms with E-state index in [1.165, 1.54) is 32.1 Å². The van der Waals surface area contributed by atoms with Crippen molar-refractivity contribution in [2.45, 2.75) is 59.8 Å². The first kappa shape index (κ1) is 14.5. The maximum Gasteiger partial charge on any atom is -0.00773 e. The minimum absolute atomic E-state index is 0.855. The van der Waals surface area contributed by atoms with Crippen molar-refractivity contribution < 1.29 is 0 Å². The Morgan fingerprint density at radius 1 is 1.00 bits per heavy atom. The van der Waals surface area contributed by atoms with Gasteiger partial charge < -0.3 is 5.73 Å². The molecule has 0 spiro atoms. The molecule has 0 radical (unpaired) electrons. The van der Waals surface area contributed by atoms with Gasteiger partial charge in [0.2, 0.25) is 0 Å². The predicted octanol–water partition coefficient (Wildman–Crippen LogP) is 3.58. The predicted molar refractivity (Wildman–Crippen MR) is 58.3 cm³/mol. The number of hydrogen-bond acceptors (Lipinski definition) is 1. The van der Waals surface area contributed by atoms with Crippen molar-refractivity contribution in [1.29, 1.82) is 0 Å². The van der Waals surface area contributed by atoms with Gasteiger partial charge in [-0.1, -0.05) is 53.4 Å². The smallest absolute Gasteiger partial charge is 0.00773 e. The lowest BCUT2D eigenvalue weighted by Gasteiger charge is -1.95. The Hall–Kier alpha value is -0.0400. The third kappa shape index (κ3) is 22.5. The summed E-state index contributed by atoms with van der Waals surface area (Å²) in [5.74, 6) is 0.898. The van der Waals surface area contributed by atoms with Gasteiger partial charge in [-0.05, 0) is 18.9 Å². The van der Waals surface area contributed by atoms with E-state index >= 15 is 0 Å². The van der Waals surface area contributed by atoms with Crippen molar-refractivity contribution in [2.75, 3.05) is 6.54 Å². The summed E-state index contributed by atoms with van der Waals surface area (Å²) in [5.41, 5.74) is 5.21. The molecule has 76 valence electrons. The molecule has 0 saturated carbocycles. The highest BCUT2D eigenvalue weighted by Gasteiger charge is 1.85. The van der Waals surface area contributed by atoms with Gasteiger partial charge in [0.05, 0.1) is 0 Å². The summed E-state index contributed by atoms with van der Waals surface area (Å²) < 4.78 is 0. The van der Waals surface area contributed by atoms with Gasteiger partial charge in [-0.15, -0.1) is 0 Å². The lowest BCUT2D eigenvalue weighted by Crippen LogP contribution is -1.96. The highest BCUT2D eigenvalue weighted by atomic mass is 14.5. The fourth-order valence-electron chi connectivity index (χ4n) is 0.972. The molecule has 0 fully saturated rings. The first-order valence-corrected chi connectivity index (χ1v) is 5.39. The van der Waals surface area contributed by atoms with E-state index in [0.29, 0.717) is 0 Å². The summed E-state index contributed by atoms with van der Waals surface area (Å²) in [6.07, 6.45) is 6.46. The maximum absolute atomic E-state index is 5.21. The Morgan fingerprint density at radius 2 is 1.58 bits per heavy atom. The molecule has 0 atom stereocenters. The fraction of sp³-hybridized carbons (Fsp3) is 1.00. The van der Waals surface area contributed by atoms with Crippen LogP contribution in [-0.4, -0.2) is 6.54 Å². The van der Waals surface area contributed by atoms with Gasteiger partial charge in [-0.3, -0.25) is 0 Å². The van der Waals surface area contributed by atoms with Gasteiger partial charge >= 0.3 is 0 Å². The Kier molecular flexibility index (Phi) is 16.3. The van der Waals surface area contributed by atoms with Gasteiger partial charge in [0.15, 0.2) is 0 Å². The molecule has 1 heteroatoms. The zero-order valence-corrected chi connectivity index (χ0v) is 9.40. The van der Waals surface area contributed by atoms with Crippen LogP contribution in [-0.2, 0) is 0 Å². The average molecular weight is 173 g/mol. The quantitative estimate of drug-likeness (QED) is 0.632. The van der Waals surface area contributed by atoms with Gasteiger partial charge in [-0.2, -0.15) is 0 Å². The number of rotatable bonds is 5. The van der Waals surface area contributed by atoms with E-state index in [4.69, 9.17) is 5.73 Å². The van der Waals surface area contributed by atoms with Crippen LogP contribution in [0.2, 0.25) is 0 Å². The Bertz CT molecular complexity index is 56.0. The van der Waals surface area contributed by atoms with Crippen LogP contribution in [0.5, 0.6) is 0 Å². The number of hydrogen-bond donors (Lipinski definition) is 1. The van der Waals surface area contributed by atoms with Crippen molar-refractivity contribution in [3.05, 3.63) is 0 Å². The Balaban J connectivity index is 0. The Morgan fingerprint density at radius 3 is 1.67 bits per heavy atom. The van der Waals surface area contributed by atoms with Crippen LogP contribution in [0.25, 0.3) is 0 Å². The van der Waals surface area contributed by atoms with Crippen LogP contribution >= 0.6 is 0 Å². The van der Waals surface area contributed by atoms with Gasteiger partial charge in [0.25, 0.3) is 0 Å². The molecule has 0 aliphatic heterocycles. The second kappa shape index (κ2) is 13.5. The molecule has 0 aliphatic rings. The molecule has 1 nitrogen and oxygen atoms in total. The van der Waals surface area contributed by atoms with Crippen molar-refractivity contribution in [3.8, 4) is 0 Å². The molecule has 0 rings (SSSR count). The zero-order chi connectivity index (χ0) is 9.82. The van der Waals surface area contributed by atoms with Crippen LogP contribution in [0.1, 0.15) is 59.8 Å². The lowest BCUT2D eigenvalue weighted by atomic mass is 10.1. The monoisotopic (exact) mass is 173 g/mol. The zero-order valence-electron chi connectivity index (χ0n) is 9.40. The van der Waals surface area contributed by atoms with E-state index in [1.54, 1.807) is 0 Å². The topological polar surface area (TPSA) is 26.0 Å². The van der Waals surface area contributed by atoms with Crippen molar-refractivity contribution in [2.24, 2.45) is 11.7 Å². The lowest BCUT2D eigenvalue weighted by molar-refractivity contribution is 0.576. The summed E-state index contributed by atoms with van der Waals surface area (Å²) >= 11 is 0. The standard InChI is InChI=1S/C6H14.C5H13N/c1-4-5-6(2)3;1-2-3-4-5-6/h6H,4-5H2,1-3H3;2-6H2,1H3. The van der Waals surface area contributed by atoms with Gasteiger partial charge in [0.1, 0.15) is 0 Å². The van der Waals surface area contributed by atoms with Crippen molar-refractivity contribution in [1.82, 2.24) is 0 Å². The summed E-state index contributed by atoms with van der Waals surface area (Å²) in [6.45, 7) is 9.76. The Labute approximate surface area is 78.7 Å². The third-order valence-electron chi connectivity index (χ3n) is 1.67. The SMILES string of the molecule is CCCC(C)C.CCCCCN. The molecule has 0 aromatic carbocycles. The molecule has 0 bridgehead atoms. The molecule has 0 aromatic heterocycles. The third-order valence-corrected chi connectivity index (χ3v) is 1.67. The first-order chi connectivity index (χ1) is 5.68. The molecular weight excluding hydrogens is 146 g/mol. The molecule has 0 aliphatic carbocycles. The van der Waals surface area contributed by atoms with E-state index in [2.05, 4.69) is 27.7 Å². The normalized spacial score (nSPS) is 9.50. The first-order valence-electron chi connectivity index (χ1n) is 5.39. The molecule has 0 amide bonds. The maximum atomic E-state index is 5.21. The van der Waals surface area contributed by atoms with Gasteiger partial charge in [-0.25, -0.2) is 0 Å². The minimum Gasteiger partial charge on any atom is -0.330 e. The van der Waals surface area contributed by atoms with E-state index in [1.807, 2.05) is 0 Å². The summed E-state index contributed by atoms with van der Waals surface area (Å²) in [4.78, 5) is 0. The van der Waals surface area contributed by atoms with Crippen LogP contribution in [0.15, 0.2) is 0 Å². The van der Waals surface area contributed by atoms with E-state index < -0.39 is 0 Å². The van der Waals surface area contributed by atoms with E-state index in [-0.39, 0.29) is 0 Å². The van der Waals surface area contributed by atoms with Crippen LogP contribution < -0.4 is 5.73 Å². The van der Waals surface area contributed by atoms with Gasteiger partial charge in [0, 0.05) is 0 Å². The summed E-state index contributed by atoms with van der Waals surface area (Å²) in [7, 11) is 0. The fourth-order valence-corrected chi connectivity index (χ4v) is 0.972. The molecule has 0 unspecified atom stereocenters. The second-order valence-corrected chi connectivity index (χ2v) is 3.68. The number of nitrogens with two attached hydrogens (primary N) is 1. The van der Waals surface area contributed by atoms with E-state index in [0.717, 1.165) is 12.5 Å². The summed E-state index contributed by atoms with van der Waals surface area (Å²) in [5, 5.41) is 0. The second-order valence-electron chi connectivity index (χ2n) is 3.68. The van der Waals surface area contributed by atoms with Crippen LogP contribution in [0.4, 0.5) is 0 Å². The molecule has 12 heavy (non-hydrogen) atoms. The molecule has 0 aromatic rings. The minimum atomic E-state index is 0.855. The highest BCUT2D eigenvalue weighted by molar-refractivity contribution is 4.38. The van der Waals surface area contributed by atoms with Crippen LogP contribution in [0, 0.1) is 5.92 Å². The number of unbranched alkanes of at least 4 members (excludes halogenated alkanes) is 2. The molecule has 0 heterocycles. The highest BCUT2D eigenvalue weighted by Crippen LogP contribution is 2.00. The molecule has 2 N–H and O–H groups in total. The summed E-state index contributed by atoms with van der Waals surface area (Å²) in [6, 6.07) is 0. The average Bonchev–Trinajstić information content (AvgIpc) is 2.02. The molecule has 0 saturated heterocycles. The van der Waals surface area contributed by atoms with Crippen molar-refractivity contribution in [3.63, 3.8) is 0 Å². The van der Waals surface area contributed by atoms with Crippen LogP contribution in [0.3, 0.4) is 0 Å². The van der Waals surface area contributed by atoms with E-state index in [9.17, 15) is 0 Å². The molecular formula is C11H27N. The van der Waals surface area contributed by atoms with Crippen molar-refractivity contribution >= 4 is 0 Å². The largest absolute Gasteiger partial charge is 0.330 e.